The van der Waals surface area contributed by atoms with E-state index in [9.17, 15) is 0 Å². The first-order valence-corrected chi connectivity index (χ1v) is 11.2. The average Bonchev–Trinajstić information content (AvgIpc) is 3.12. The normalized spacial score (nSPS) is 19.6. The lowest BCUT2D eigenvalue weighted by Crippen LogP contribution is -2.42. The molecule has 30 heavy (non-hydrogen) atoms. The summed E-state index contributed by atoms with van der Waals surface area (Å²) in [5.74, 6) is 1.27. The van der Waals surface area contributed by atoms with E-state index >= 15 is 0 Å². The number of fused-ring (bicyclic) bond motifs is 1. The minimum atomic E-state index is 0.190. The van der Waals surface area contributed by atoms with Crippen LogP contribution >= 0.6 is 0 Å². The highest BCUT2D eigenvalue weighted by Gasteiger charge is 2.22. The number of nitrogens with two attached hydrogens (primary N) is 1. The maximum absolute atomic E-state index is 6.32. The SMILES string of the molecule is CC(C)Nc1cc(-c2ccc3ccc(N[C@@H]4CCCC[C@@H]4N)nn23)ncc1C(C)C. The highest BCUT2D eigenvalue weighted by atomic mass is 15.3. The highest BCUT2D eigenvalue weighted by Crippen LogP contribution is 2.30. The molecule has 0 saturated heterocycles. The van der Waals surface area contributed by atoms with Crippen LogP contribution in [0.2, 0.25) is 0 Å². The van der Waals surface area contributed by atoms with Crippen molar-refractivity contribution in [3.05, 3.63) is 42.1 Å². The molecule has 1 aliphatic rings. The van der Waals surface area contributed by atoms with Crippen molar-refractivity contribution in [2.24, 2.45) is 5.73 Å². The van der Waals surface area contributed by atoms with Crippen LogP contribution in [0.3, 0.4) is 0 Å². The molecule has 0 radical (unpaired) electrons. The Morgan fingerprint density at radius 1 is 1.07 bits per heavy atom. The van der Waals surface area contributed by atoms with E-state index in [0.29, 0.717) is 12.0 Å². The first-order chi connectivity index (χ1) is 14.4. The molecule has 3 aromatic heterocycles. The first-order valence-electron chi connectivity index (χ1n) is 11.2. The summed E-state index contributed by atoms with van der Waals surface area (Å²) in [6, 6.07) is 11.3. The van der Waals surface area contributed by atoms with Crippen molar-refractivity contribution in [2.75, 3.05) is 10.6 Å². The Hall–Kier alpha value is -2.60. The number of pyridine rings is 1. The van der Waals surface area contributed by atoms with Gasteiger partial charge in [-0.05, 0) is 68.5 Å². The van der Waals surface area contributed by atoms with Gasteiger partial charge in [-0.25, -0.2) is 4.52 Å². The molecule has 4 N–H and O–H groups in total. The lowest BCUT2D eigenvalue weighted by atomic mass is 9.91. The Bertz CT molecular complexity index is 1010. The zero-order chi connectivity index (χ0) is 21.3. The van der Waals surface area contributed by atoms with Crippen LogP contribution in [0.5, 0.6) is 0 Å². The van der Waals surface area contributed by atoms with Crippen molar-refractivity contribution in [1.29, 1.82) is 0 Å². The fraction of sp³-hybridized carbons (Fsp3) is 0.500. The number of nitrogens with one attached hydrogen (secondary N) is 2. The number of aromatic nitrogens is 3. The van der Waals surface area contributed by atoms with Gasteiger partial charge in [-0.3, -0.25) is 4.98 Å². The zero-order valence-corrected chi connectivity index (χ0v) is 18.5. The summed E-state index contributed by atoms with van der Waals surface area (Å²) in [7, 11) is 0. The molecule has 4 rings (SSSR count). The van der Waals surface area contributed by atoms with Crippen LogP contribution in [0.1, 0.15) is 64.9 Å². The van der Waals surface area contributed by atoms with Gasteiger partial charge >= 0.3 is 0 Å². The third kappa shape index (κ3) is 4.29. The topological polar surface area (TPSA) is 80.3 Å². The summed E-state index contributed by atoms with van der Waals surface area (Å²) in [6.45, 7) is 8.72. The lowest BCUT2D eigenvalue weighted by Gasteiger charge is -2.29. The Morgan fingerprint density at radius 3 is 2.57 bits per heavy atom. The summed E-state index contributed by atoms with van der Waals surface area (Å²) in [5, 5.41) is 12.0. The van der Waals surface area contributed by atoms with Gasteiger partial charge in [-0.15, -0.1) is 5.10 Å². The third-order valence-corrected chi connectivity index (χ3v) is 5.92. The van der Waals surface area contributed by atoms with Crippen LogP contribution < -0.4 is 16.4 Å². The maximum atomic E-state index is 6.32. The number of hydrogen-bond acceptors (Lipinski definition) is 5. The second-order valence-corrected chi connectivity index (χ2v) is 9.08. The Kier molecular flexibility index (Phi) is 5.95. The van der Waals surface area contributed by atoms with Gasteiger partial charge in [0.15, 0.2) is 0 Å². The average molecular weight is 407 g/mol. The van der Waals surface area contributed by atoms with Crippen LogP contribution in [0.15, 0.2) is 36.5 Å². The van der Waals surface area contributed by atoms with Crippen molar-refractivity contribution in [1.82, 2.24) is 14.6 Å². The molecule has 0 unspecified atom stereocenters. The van der Waals surface area contributed by atoms with E-state index in [1.54, 1.807) is 0 Å². The van der Waals surface area contributed by atoms with E-state index in [1.807, 2.05) is 16.8 Å². The zero-order valence-electron chi connectivity index (χ0n) is 18.5. The number of rotatable bonds is 6. The minimum Gasteiger partial charge on any atom is -0.383 e. The molecule has 0 bridgehead atoms. The van der Waals surface area contributed by atoms with Crippen LogP contribution in [-0.4, -0.2) is 32.7 Å². The molecule has 0 spiro atoms. The fourth-order valence-corrected chi connectivity index (χ4v) is 4.29. The largest absolute Gasteiger partial charge is 0.383 e. The molecule has 1 aliphatic carbocycles. The molecule has 0 aliphatic heterocycles. The van der Waals surface area contributed by atoms with Gasteiger partial charge in [0.2, 0.25) is 0 Å². The molecule has 2 atom stereocenters. The summed E-state index contributed by atoms with van der Waals surface area (Å²) in [6.07, 6.45) is 6.61. The fourth-order valence-electron chi connectivity index (χ4n) is 4.29. The Morgan fingerprint density at radius 2 is 1.83 bits per heavy atom. The molecule has 3 aromatic rings. The van der Waals surface area contributed by atoms with Crippen LogP contribution in [0, 0.1) is 0 Å². The Balaban J connectivity index is 1.68. The van der Waals surface area contributed by atoms with E-state index in [2.05, 4.69) is 62.6 Å². The van der Waals surface area contributed by atoms with Gasteiger partial charge in [0.05, 0.1) is 16.9 Å². The smallest absolute Gasteiger partial charge is 0.147 e. The van der Waals surface area contributed by atoms with Crippen LogP contribution in [0.4, 0.5) is 11.5 Å². The van der Waals surface area contributed by atoms with Gasteiger partial charge in [0.25, 0.3) is 0 Å². The van der Waals surface area contributed by atoms with Crippen LogP contribution in [0.25, 0.3) is 16.9 Å². The van der Waals surface area contributed by atoms with Gasteiger partial charge in [-0.1, -0.05) is 26.7 Å². The quantitative estimate of drug-likeness (QED) is 0.535. The minimum absolute atomic E-state index is 0.190. The molecule has 6 heteroatoms. The predicted octanol–water partition coefficient (Wildman–Crippen LogP) is 5.02. The molecule has 0 amide bonds. The summed E-state index contributed by atoms with van der Waals surface area (Å²) in [5.41, 5.74) is 11.7. The molecule has 0 aromatic carbocycles. The molecule has 3 heterocycles. The van der Waals surface area contributed by atoms with Crippen molar-refractivity contribution < 1.29 is 0 Å². The second-order valence-electron chi connectivity index (χ2n) is 9.08. The van der Waals surface area contributed by atoms with Gasteiger partial charge < -0.3 is 16.4 Å². The molecular formula is C24H34N6. The summed E-state index contributed by atoms with van der Waals surface area (Å²) in [4.78, 5) is 4.78. The van der Waals surface area contributed by atoms with Gasteiger partial charge in [0, 0.05) is 30.0 Å². The number of hydrogen-bond donors (Lipinski definition) is 3. The van der Waals surface area contributed by atoms with Crippen molar-refractivity contribution >= 4 is 17.0 Å². The summed E-state index contributed by atoms with van der Waals surface area (Å²) >= 11 is 0. The molecule has 160 valence electrons. The van der Waals surface area contributed by atoms with Crippen molar-refractivity contribution in [3.8, 4) is 11.4 Å². The van der Waals surface area contributed by atoms with E-state index < -0.39 is 0 Å². The molecular weight excluding hydrogens is 372 g/mol. The molecule has 6 nitrogen and oxygen atoms in total. The van der Waals surface area contributed by atoms with E-state index in [4.69, 9.17) is 15.8 Å². The second kappa shape index (κ2) is 8.64. The van der Waals surface area contributed by atoms with E-state index in [1.165, 1.54) is 18.4 Å². The van der Waals surface area contributed by atoms with E-state index in [0.717, 1.165) is 41.3 Å². The molecule has 1 fully saturated rings. The van der Waals surface area contributed by atoms with Gasteiger partial charge in [-0.2, -0.15) is 0 Å². The van der Waals surface area contributed by atoms with Crippen molar-refractivity contribution in [2.45, 2.75) is 77.4 Å². The van der Waals surface area contributed by atoms with E-state index in [-0.39, 0.29) is 12.1 Å². The third-order valence-electron chi connectivity index (χ3n) is 5.92. The highest BCUT2D eigenvalue weighted by molar-refractivity contribution is 5.69. The standard InChI is InChI=1S/C24H34N6/c1-15(2)18-14-26-22(13-21(18)27-16(3)4)23-11-9-17-10-12-24(29-30(17)23)28-20-8-6-5-7-19(20)25/h9-16,19-20H,5-8,25H2,1-4H3,(H,26,27)(H,28,29)/t19-,20+/m0/s1. The molecule has 1 saturated carbocycles. The lowest BCUT2D eigenvalue weighted by molar-refractivity contribution is 0.403. The van der Waals surface area contributed by atoms with Crippen molar-refractivity contribution in [3.63, 3.8) is 0 Å². The van der Waals surface area contributed by atoms with Crippen LogP contribution in [-0.2, 0) is 0 Å². The Labute approximate surface area is 179 Å². The predicted molar refractivity (Wildman–Crippen MR) is 125 cm³/mol. The number of anilines is 2. The van der Waals surface area contributed by atoms with Gasteiger partial charge in [0.1, 0.15) is 5.82 Å². The number of nitrogens with zero attached hydrogens (tertiary/aromatic N) is 3. The first kappa shape index (κ1) is 20.7. The monoisotopic (exact) mass is 406 g/mol. The summed E-state index contributed by atoms with van der Waals surface area (Å²) < 4.78 is 1.98. The maximum Gasteiger partial charge on any atom is 0.147 e.